The summed E-state index contributed by atoms with van der Waals surface area (Å²) in [4.78, 5) is 18.0. The van der Waals surface area contributed by atoms with Gasteiger partial charge in [0, 0.05) is 11.6 Å². The molecule has 8 heteroatoms. The quantitative estimate of drug-likeness (QED) is 0.700. The van der Waals surface area contributed by atoms with Crippen LogP contribution in [0.3, 0.4) is 0 Å². The van der Waals surface area contributed by atoms with E-state index in [2.05, 4.69) is 4.98 Å². The first kappa shape index (κ1) is 17.0. The maximum Gasteiger partial charge on any atom is 0.269 e. The van der Waals surface area contributed by atoms with Crippen LogP contribution in [0, 0.1) is 12.7 Å². The monoisotopic (exact) mass is 359 g/mol. The van der Waals surface area contributed by atoms with Gasteiger partial charge >= 0.3 is 0 Å². The normalized spacial score (nSPS) is 11.4. The Hall–Kier alpha value is -2.84. The van der Waals surface area contributed by atoms with Crippen molar-refractivity contribution in [2.24, 2.45) is 0 Å². The average Bonchev–Trinajstić information content (AvgIpc) is 2.59. The van der Waals surface area contributed by atoms with Crippen LogP contribution in [-0.2, 0) is 10.0 Å². The lowest BCUT2D eigenvalue weighted by Gasteiger charge is -2.10. The zero-order valence-electron chi connectivity index (χ0n) is 13.2. The largest absolute Gasteiger partial charge is 0.273 e. The number of rotatable bonds is 4. The number of benzene rings is 2. The number of nitrogens with zero attached hydrogens (tertiary/aromatic N) is 1. The summed E-state index contributed by atoms with van der Waals surface area (Å²) in [6.45, 7) is 1.85. The Morgan fingerprint density at radius 1 is 1.12 bits per heavy atom. The molecular weight excluding hydrogens is 345 g/mol. The van der Waals surface area contributed by atoms with Crippen LogP contribution < -0.4 is 10.3 Å². The minimum absolute atomic E-state index is 0.0844. The SMILES string of the molecule is Cc1cnc2c(S(=O)(=O)NNC(=O)c3ccccc3F)cccc2c1. The number of carbonyl (C=O) groups is 1. The second kappa shape index (κ2) is 6.58. The van der Waals surface area contributed by atoms with E-state index in [4.69, 9.17) is 0 Å². The van der Waals surface area contributed by atoms with Gasteiger partial charge in [0.15, 0.2) is 0 Å². The molecule has 3 rings (SSSR count). The Kier molecular flexibility index (Phi) is 4.47. The molecule has 1 aromatic heterocycles. The molecule has 0 atom stereocenters. The summed E-state index contributed by atoms with van der Waals surface area (Å²) >= 11 is 0. The van der Waals surface area contributed by atoms with Crippen LogP contribution in [0.1, 0.15) is 15.9 Å². The van der Waals surface area contributed by atoms with Crippen LogP contribution in [0.2, 0.25) is 0 Å². The molecular formula is C17H14FN3O3S. The summed E-state index contributed by atoms with van der Waals surface area (Å²) in [6, 6.07) is 11.8. The Balaban J connectivity index is 1.88. The summed E-state index contributed by atoms with van der Waals surface area (Å²) in [5.74, 6) is -1.65. The molecule has 0 radical (unpaired) electrons. The summed E-state index contributed by atoms with van der Waals surface area (Å²) in [6.07, 6.45) is 1.55. The summed E-state index contributed by atoms with van der Waals surface area (Å²) < 4.78 is 38.6. The van der Waals surface area contributed by atoms with Gasteiger partial charge in [0.05, 0.1) is 11.1 Å². The van der Waals surface area contributed by atoms with E-state index in [9.17, 15) is 17.6 Å². The van der Waals surface area contributed by atoms with E-state index in [0.29, 0.717) is 5.39 Å². The van der Waals surface area contributed by atoms with Gasteiger partial charge in [-0.3, -0.25) is 15.2 Å². The number of sulfonamides is 1. The molecule has 0 bridgehead atoms. The van der Waals surface area contributed by atoms with Crippen LogP contribution in [0.4, 0.5) is 4.39 Å². The van der Waals surface area contributed by atoms with Gasteiger partial charge in [0.1, 0.15) is 10.7 Å². The lowest BCUT2D eigenvalue weighted by atomic mass is 10.2. The highest BCUT2D eigenvalue weighted by Crippen LogP contribution is 2.21. The van der Waals surface area contributed by atoms with Gasteiger partial charge < -0.3 is 0 Å². The topological polar surface area (TPSA) is 88.2 Å². The zero-order chi connectivity index (χ0) is 18.0. The zero-order valence-corrected chi connectivity index (χ0v) is 14.0. The van der Waals surface area contributed by atoms with Gasteiger partial charge in [0.2, 0.25) is 0 Å². The Morgan fingerprint density at radius 2 is 1.88 bits per heavy atom. The molecule has 25 heavy (non-hydrogen) atoms. The third kappa shape index (κ3) is 3.49. The van der Waals surface area contributed by atoms with Crippen LogP contribution in [-0.4, -0.2) is 19.3 Å². The summed E-state index contributed by atoms with van der Waals surface area (Å²) in [5, 5.41) is 0.656. The van der Waals surface area contributed by atoms with Gasteiger partial charge in [-0.15, -0.1) is 4.83 Å². The number of hydrogen-bond acceptors (Lipinski definition) is 4. The number of hydrogen-bond donors (Lipinski definition) is 2. The molecule has 128 valence electrons. The van der Waals surface area contributed by atoms with Crippen molar-refractivity contribution in [1.29, 1.82) is 0 Å². The molecule has 0 fully saturated rings. The highest BCUT2D eigenvalue weighted by Gasteiger charge is 2.20. The van der Waals surface area contributed by atoms with Crippen LogP contribution in [0.5, 0.6) is 0 Å². The molecule has 0 spiro atoms. The number of hydrazine groups is 1. The standard InChI is InChI=1S/C17H14FN3O3S/c1-11-9-12-5-4-8-15(16(12)19-10-11)25(23,24)21-20-17(22)13-6-2-3-7-14(13)18/h2-10,21H,1H3,(H,20,22). The van der Waals surface area contributed by atoms with E-state index in [-0.39, 0.29) is 16.0 Å². The van der Waals surface area contributed by atoms with Gasteiger partial charge in [-0.2, -0.15) is 0 Å². The minimum atomic E-state index is -4.08. The van der Waals surface area contributed by atoms with Crippen molar-refractivity contribution < 1.29 is 17.6 Å². The van der Waals surface area contributed by atoms with E-state index in [1.807, 2.05) is 17.2 Å². The Morgan fingerprint density at radius 3 is 2.64 bits per heavy atom. The molecule has 1 heterocycles. The molecule has 0 aliphatic rings. The highest BCUT2D eigenvalue weighted by molar-refractivity contribution is 7.89. The van der Waals surface area contributed by atoms with Crippen molar-refractivity contribution in [3.8, 4) is 0 Å². The summed E-state index contributed by atoms with van der Waals surface area (Å²) in [5.41, 5.74) is 2.91. The first-order valence-corrected chi connectivity index (χ1v) is 8.79. The molecule has 0 unspecified atom stereocenters. The maximum absolute atomic E-state index is 13.6. The Bertz CT molecular complexity index is 1070. The number of aryl methyl sites for hydroxylation is 1. The smallest absolute Gasteiger partial charge is 0.269 e. The van der Waals surface area contributed by atoms with Crippen molar-refractivity contribution in [2.75, 3.05) is 0 Å². The molecule has 1 amide bonds. The van der Waals surface area contributed by atoms with Gasteiger partial charge in [-0.25, -0.2) is 12.8 Å². The van der Waals surface area contributed by atoms with E-state index in [1.165, 1.54) is 24.3 Å². The van der Waals surface area contributed by atoms with E-state index >= 15 is 0 Å². The third-order valence-corrected chi connectivity index (χ3v) is 4.80. The molecule has 0 saturated heterocycles. The highest BCUT2D eigenvalue weighted by atomic mass is 32.2. The molecule has 0 saturated carbocycles. The van der Waals surface area contributed by atoms with Gasteiger partial charge in [-0.05, 0) is 36.8 Å². The lowest BCUT2D eigenvalue weighted by Crippen LogP contribution is -2.41. The second-order valence-corrected chi connectivity index (χ2v) is 7.03. The van der Waals surface area contributed by atoms with Crippen LogP contribution in [0.15, 0.2) is 59.6 Å². The third-order valence-electron chi connectivity index (χ3n) is 3.52. The number of fused-ring (bicyclic) bond motifs is 1. The van der Waals surface area contributed by atoms with Crippen LogP contribution >= 0.6 is 0 Å². The number of amides is 1. The molecule has 0 aliphatic carbocycles. The first-order valence-electron chi connectivity index (χ1n) is 7.30. The number of halogens is 1. The van der Waals surface area contributed by atoms with Gasteiger partial charge in [-0.1, -0.05) is 24.3 Å². The van der Waals surface area contributed by atoms with E-state index in [0.717, 1.165) is 11.6 Å². The average molecular weight is 359 g/mol. The lowest BCUT2D eigenvalue weighted by molar-refractivity contribution is 0.0941. The van der Waals surface area contributed by atoms with Crippen molar-refractivity contribution in [3.63, 3.8) is 0 Å². The van der Waals surface area contributed by atoms with Crippen molar-refractivity contribution in [3.05, 3.63) is 71.7 Å². The molecule has 0 aliphatic heterocycles. The number of para-hydroxylation sites is 1. The molecule has 2 N–H and O–H groups in total. The second-order valence-electron chi connectivity index (χ2n) is 5.38. The number of carbonyl (C=O) groups excluding carboxylic acids is 1. The minimum Gasteiger partial charge on any atom is -0.273 e. The predicted octanol–water partition coefficient (Wildman–Crippen LogP) is 2.31. The fourth-order valence-corrected chi connectivity index (χ4v) is 3.36. The predicted molar refractivity (Wildman–Crippen MR) is 90.7 cm³/mol. The number of aromatic nitrogens is 1. The van der Waals surface area contributed by atoms with Gasteiger partial charge in [0.25, 0.3) is 15.9 Å². The number of pyridine rings is 1. The van der Waals surface area contributed by atoms with E-state index < -0.39 is 21.7 Å². The first-order chi connectivity index (χ1) is 11.9. The maximum atomic E-state index is 13.6. The van der Waals surface area contributed by atoms with Crippen molar-refractivity contribution >= 4 is 26.8 Å². The number of nitrogens with one attached hydrogen (secondary N) is 2. The van der Waals surface area contributed by atoms with Crippen LogP contribution in [0.25, 0.3) is 10.9 Å². The van der Waals surface area contributed by atoms with Crippen molar-refractivity contribution in [2.45, 2.75) is 11.8 Å². The van der Waals surface area contributed by atoms with E-state index in [1.54, 1.807) is 24.4 Å². The molecule has 3 aromatic rings. The molecule has 2 aromatic carbocycles. The Labute approximate surface area is 143 Å². The molecule has 6 nitrogen and oxygen atoms in total. The fraction of sp³-hybridized carbons (Fsp3) is 0.0588. The summed E-state index contributed by atoms with van der Waals surface area (Å²) in [7, 11) is -4.08. The fourth-order valence-electron chi connectivity index (χ4n) is 2.34. The van der Waals surface area contributed by atoms with Crippen molar-refractivity contribution in [1.82, 2.24) is 15.2 Å².